The molecule has 0 heterocycles. The van der Waals surface area contributed by atoms with Crippen LogP contribution in [0.1, 0.15) is 30.9 Å². The lowest BCUT2D eigenvalue weighted by Crippen LogP contribution is -2.37. The summed E-state index contributed by atoms with van der Waals surface area (Å²) in [7, 11) is 1.56. The maximum atomic E-state index is 12.0. The molecule has 1 N–H and O–H groups in total. The average molecular weight is 291 g/mol. The maximum absolute atomic E-state index is 12.0. The molecule has 5 heteroatoms. The van der Waals surface area contributed by atoms with Gasteiger partial charge in [0.1, 0.15) is 5.75 Å². The van der Waals surface area contributed by atoms with Crippen molar-refractivity contribution in [3.63, 3.8) is 0 Å². The maximum Gasteiger partial charge on any atom is 0.311 e. The Labute approximate surface area is 124 Å². The van der Waals surface area contributed by atoms with E-state index in [0.29, 0.717) is 5.75 Å². The highest BCUT2D eigenvalue weighted by Gasteiger charge is 2.27. The lowest BCUT2D eigenvalue weighted by atomic mass is 10.1. The highest BCUT2D eigenvalue weighted by Crippen LogP contribution is 2.21. The minimum atomic E-state index is -0.770. The summed E-state index contributed by atoms with van der Waals surface area (Å²) in [5.41, 5.74) is 1.80. The first-order valence-electron chi connectivity index (χ1n) is 7.13. The van der Waals surface area contributed by atoms with Crippen molar-refractivity contribution in [2.24, 2.45) is 0 Å². The molecular formula is C16H21NO4. The molecular weight excluding hydrogens is 270 g/mol. The van der Waals surface area contributed by atoms with Gasteiger partial charge in [0.05, 0.1) is 13.5 Å². The molecule has 21 heavy (non-hydrogen) atoms. The highest BCUT2D eigenvalue weighted by atomic mass is 16.5. The van der Waals surface area contributed by atoms with Crippen molar-refractivity contribution in [1.29, 1.82) is 0 Å². The fraction of sp³-hybridized carbons (Fsp3) is 0.500. The average Bonchev–Trinajstić information content (AvgIpc) is 3.22. The number of nitrogens with one attached hydrogen (secondary N) is 1. The van der Waals surface area contributed by atoms with Crippen LogP contribution < -0.4 is 10.1 Å². The van der Waals surface area contributed by atoms with Crippen LogP contribution in [0.4, 0.5) is 0 Å². The molecule has 1 atom stereocenters. The summed E-state index contributed by atoms with van der Waals surface area (Å²) in [5.74, 6) is -0.0213. The zero-order valence-electron chi connectivity index (χ0n) is 12.6. The number of aryl methyl sites for hydroxylation is 1. The number of esters is 1. The standard InChI is InChI=1S/C16H21NO4/c1-10-4-7-14(20-3)12(8-10)9-15(18)21-11(2)16(19)17-13-5-6-13/h4,7-8,11,13H,5-6,9H2,1-3H3,(H,17,19)/t11-/m1/s1. The SMILES string of the molecule is COc1ccc(C)cc1CC(=O)O[C@H](C)C(=O)NC1CC1. The van der Waals surface area contributed by atoms with E-state index < -0.39 is 12.1 Å². The largest absolute Gasteiger partial charge is 0.496 e. The molecule has 0 saturated heterocycles. The van der Waals surface area contributed by atoms with Crippen molar-refractivity contribution in [1.82, 2.24) is 5.32 Å². The summed E-state index contributed by atoms with van der Waals surface area (Å²) in [6.07, 6.45) is 1.33. The Bertz CT molecular complexity index is 537. The van der Waals surface area contributed by atoms with E-state index in [0.717, 1.165) is 24.0 Å². The van der Waals surface area contributed by atoms with E-state index in [2.05, 4.69) is 5.32 Å². The van der Waals surface area contributed by atoms with Crippen LogP contribution in [0, 0.1) is 6.92 Å². The second-order valence-electron chi connectivity index (χ2n) is 5.41. The van der Waals surface area contributed by atoms with Gasteiger partial charge in [-0.05, 0) is 32.8 Å². The van der Waals surface area contributed by atoms with Crippen molar-refractivity contribution in [2.45, 2.75) is 45.3 Å². The Morgan fingerprint density at radius 3 is 2.71 bits per heavy atom. The Balaban J connectivity index is 1.91. The van der Waals surface area contributed by atoms with Crippen LogP contribution in [0.25, 0.3) is 0 Å². The van der Waals surface area contributed by atoms with E-state index in [1.807, 2.05) is 25.1 Å². The number of carbonyl (C=O) groups is 2. The molecule has 0 spiro atoms. The van der Waals surface area contributed by atoms with Crippen LogP contribution in [0.3, 0.4) is 0 Å². The summed E-state index contributed by atoms with van der Waals surface area (Å²) < 4.78 is 10.4. The summed E-state index contributed by atoms with van der Waals surface area (Å²) in [6.45, 7) is 3.53. The second kappa shape index (κ2) is 6.61. The first-order valence-corrected chi connectivity index (χ1v) is 7.13. The van der Waals surface area contributed by atoms with Gasteiger partial charge < -0.3 is 14.8 Å². The summed E-state index contributed by atoms with van der Waals surface area (Å²) >= 11 is 0. The Kier molecular flexibility index (Phi) is 4.83. The summed E-state index contributed by atoms with van der Waals surface area (Å²) in [5, 5.41) is 2.81. The minimum Gasteiger partial charge on any atom is -0.496 e. The van der Waals surface area contributed by atoms with E-state index in [9.17, 15) is 9.59 Å². The summed E-state index contributed by atoms with van der Waals surface area (Å²) in [4.78, 5) is 23.7. The Morgan fingerprint density at radius 1 is 1.38 bits per heavy atom. The predicted octanol–water partition coefficient (Wildman–Crippen LogP) is 1.76. The quantitative estimate of drug-likeness (QED) is 0.811. The van der Waals surface area contributed by atoms with Crippen LogP contribution in [-0.4, -0.2) is 31.1 Å². The number of ether oxygens (including phenoxy) is 2. The van der Waals surface area contributed by atoms with Crippen molar-refractivity contribution in [3.8, 4) is 5.75 Å². The van der Waals surface area contributed by atoms with Gasteiger partial charge in [0, 0.05) is 11.6 Å². The van der Waals surface area contributed by atoms with E-state index in [1.165, 1.54) is 0 Å². The zero-order valence-corrected chi connectivity index (χ0v) is 12.6. The topological polar surface area (TPSA) is 64.6 Å². The first kappa shape index (κ1) is 15.4. The molecule has 2 rings (SSSR count). The number of benzene rings is 1. The van der Waals surface area contributed by atoms with E-state index in [4.69, 9.17) is 9.47 Å². The highest BCUT2D eigenvalue weighted by molar-refractivity contribution is 5.84. The number of methoxy groups -OCH3 is 1. The molecule has 1 saturated carbocycles. The molecule has 1 fully saturated rings. The van der Waals surface area contributed by atoms with E-state index in [1.54, 1.807) is 14.0 Å². The second-order valence-corrected chi connectivity index (χ2v) is 5.41. The van der Waals surface area contributed by atoms with Gasteiger partial charge in [-0.3, -0.25) is 9.59 Å². The van der Waals surface area contributed by atoms with E-state index in [-0.39, 0.29) is 18.4 Å². The molecule has 0 unspecified atom stereocenters. The molecule has 1 aliphatic carbocycles. The van der Waals surface area contributed by atoms with Crippen LogP contribution in [0.5, 0.6) is 5.75 Å². The molecule has 0 aliphatic heterocycles. The molecule has 0 bridgehead atoms. The van der Waals surface area contributed by atoms with Gasteiger partial charge in [0.2, 0.25) is 0 Å². The monoisotopic (exact) mass is 291 g/mol. The third-order valence-corrected chi connectivity index (χ3v) is 3.37. The van der Waals surface area contributed by atoms with Crippen LogP contribution >= 0.6 is 0 Å². The number of hydrogen-bond acceptors (Lipinski definition) is 4. The van der Waals surface area contributed by atoms with Crippen molar-refractivity contribution in [2.75, 3.05) is 7.11 Å². The molecule has 0 aromatic heterocycles. The van der Waals surface area contributed by atoms with Crippen LogP contribution in [0.2, 0.25) is 0 Å². The molecule has 1 aromatic carbocycles. The molecule has 1 amide bonds. The fourth-order valence-corrected chi connectivity index (χ4v) is 2.04. The van der Waals surface area contributed by atoms with Gasteiger partial charge in [-0.15, -0.1) is 0 Å². The first-order chi connectivity index (χ1) is 9.99. The molecule has 1 aromatic rings. The number of hydrogen-bond donors (Lipinski definition) is 1. The van der Waals surface area contributed by atoms with Gasteiger partial charge in [0.25, 0.3) is 5.91 Å². The van der Waals surface area contributed by atoms with Gasteiger partial charge in [0.15, 0.2) is 6.10 Å². The lowest BCUT2D eigenvalue weighted by molar-refractivity contribution is -0.154. The number of amides is 1. The van der Waals surface area contributed by atoms with E-state index >= 15 is 0 Å². The summed E-state index contributed by atoms with van der Waals surface area (Å²) in [6, 6.07) is 5.88. The normalized spacial score (nSPS) is 15.2. The molecule has 0 radical (unpaired) electrons. The molecule has 114 valence electrons. The lowest BCUT2D eigenvalue weighted by Gasteiger charge is -2.14. The predicted molar refractivity (Wildman–Crippen MR) is 78.2 cm³/mol. The van der Waals surface area contributed by atoms with Gasteiger partial charge in [-0.2, -0.15) is 0 Å². The Hall–Kier alpha value is -2.04. The van der Waals surface area contributed by atoms with Crippen LogP contribution in [-0.2, 0) is 20.7 Å². The zero-order chi connectivity index (χ0) is 15.4. The third kappa shape index (κ3) is 4.48. The van der Waals surface area contributed by atoms with Crippen molar-refractivity contribution < 1.29 is 19.1 Å². The molecule has 5 nitrogen and oxygen atoms in total. The van der Waals surface area contributed by atoms with Crippen molar-refractivity contribution >= 4 is 11.9 Å². The fourth-order valence-electron chi connectivity index (χ4n) is 2.04. The van der Waals surface area contributed by atoms with Gasteiger partial charge in [-0.1, -0.05) is 17.7 Å². The number of carbonyl (C=O) groups excluding carboxylic acids is 2. The minimum absolute atomic E-state index is 0.0892. The van der Waals surface area contributed by atoms with Gasteiger partial charge >= 0.3 is 5.97 Å². The number of rotatable bonds is 6. The Morgan fingerprint density at radius 2 is 2.10 bits per heavy atom. The third-order valence-electron chi connectivity index (χ3n) is 3.37. The molecule has 1 aliphatic rings. The van der Waals surface area contributed by atoms with Crippen LogP contribution in [0.15, 0.2) is 18.2 Å². The van der Waals surface area contributed by atoms with Crippen molar-refractivity contribution in [3.05, 3.63) is 29.3 Å². The van der Waals surface area contributed by atoms with Gasteiger partial charge in [-0.25, -0.2) is 0 Å². The smallest absolute Gasteiger partial charge is 0.311 e.